The SMILES string of the molecule is CCCCOc1ccc(OC)cc1NC(=O)CCN1C(=O)c2ccccc2C1=O. The van der Waals surface area contributed by atoms with Gasteiger partial charge in [0.2, 0.25) is 5.91 Å². The molecule has 1 aliphatic rings. The lowest BCUT2D eigenvalue weighted by molar-refractivity contribution is -0.116. The van der Waals surface area contributed by atoms with Crippen molar-refractivity contribution in [3.63, 3.8) is 0 Å². The summed E-state index contributed by atoms with van der Waals surface area (Å²) in [7, 11) is 1.54. The lowest BCUT2D eigenvalue weighted by Gasteiger charge is -2.16. The Morgan fingerprint density at radius 1 is 1.07 bits per heavy atom. The van der Waals surface area contributed by atoms with E-state index in [1.165, 1.54) is 0 Å². The minimum Gasteiger partial charge on any atom is -0.497 e. The van der Waals surface area contributed by atoms with Crippen LogP contribution in [0.1, 0.15) is 46.9 Å². The maximum absolute atomic E-state index is 12.5. The number of methoxy groups -OCH3 is 1. The average molecular weight is 396 g/mol. The van der Waals surface area contributed by atoms with Gasteiger partial charge in [-0.1, -0.05) is 25.5 Å². The van der Waals surface area contributed by atoms with Crippen LogP contribution in [-0.2, 0) is 4.79 Å². The predicted molar refractivity (Wildman–Crippen MR) is 108 cm³/mol. The average Bonchev–Trinajstić information content (AvgIpc) is 2.98. The lowest BCUT2D eigenvalue weighted by Crippen LogP contribution is -2.32. The van der Waals surface area contributed by atoms with Crippen molar-refractivity contribution in [1.29, 1.82) is 0 Å². The summed E-state index contributed by atoms with van der Waals surface area (Å²) in [6.07, 6.45) is 1.88. The smallest absolute Gasteiger partial charge is 0.261 e. The molecule has 0 radical (unpaired) electrons. The number of anilines is 1. The molecule has 0 saturated heterocycles. The Morgan fingerprint density at radius 3 is 2.38 bits per heavy atom. The second-order valence-corrected chi connectivity index (χ2v) is 6.67. The molecular formula is C22H24N2O5. The van der Waals surface area contributed by atoms with Crippen molar-refractivity contribution in [2.45, 2.75) is 26.2 Å². The number of rotatable bonds is 9. The topological polar surface area (TPSA) is 84.9 Å². The van der Waals surface area contributed by atoms with E-state index in [0.717, 1.165) is 17.7 Å². The van der Waals surface area contributed by atoms with Crippen LogP contribution in [0.5, 0.6) is 11.5 Å². The second-order valence-electron chi connectivity index (χ2n) is 6.67. The summed E-state index contributed by atoms with van der Waals surface area (Å²) in [4.78, 5) is 38.4. The van der Waals surface area contributed by atoms with Crippen molar-refractivity contribution < 1.29 is 23.9 Å². The van der Waals surface area contributed by atoms with Crippen LogP contribution in [-0.4, -0.2) is 42.9 Å². The van der Waals surface area contributed by atoms with Gasteiger partial charge in [0.15, 0.2) is 0 Å². The van der Waals surface area contributed by atoms with Gasteiger partial charge in [-0.25, -0.2) is 0 Å². The minimum absolute atomic E-state index is 0.00811. The number of fused-ring (bicyclic) bond motifs is 1. The molecule has 2 aromatic carbocycles. The number of ether oxygens (including phenoxy) is 2. The van der Waals surface area contributed by atoms with Gasteiger partial charge in [0.05, 0.1) is 30.5 Å². The third-order valence-corrected chi connectivity index (χ3v) is 4.66. The molecule has 7 nitrogen and oxygen atoms in total. The van der Waals surface area contributed by atoms with E-state index in [9.17, 15) is 14.4 Å². The minimum atomic E-state index is -0.372. The zero-order valence-corrected chi connectivity index (χ0v) is 16.6. The van der Waals surface area contributed by atoms with E-state index in [1.807, 2.05) is 0 Å². The number of carbonyl (C=O) groups excluding carboxylic acids is 3. The Hall–Kier alpha value is -3.35. The number of carbonyl (C=O) groups is 3. The van der Waals surface area contributed by atoms with Gasteiger partial charge >= 0.3 is 0 Å². The van der Waals surface area contributed by atoms with E-state index in [0.29, 0.717) is 34.9 Å². The highest BCUT2D eigenvalue weighted by atomic mass is 16.5. The molecule has 29 heavy (non-hydrogen) atoms. The fourth-order valence-electron chi connectivity index (χ4n) is 3.05. The quantitative estimate of drug-likeness (QED) is 0.518. The van der Waals surface area contributed by atoms with E-state index >= 15 is 0 Å². The molecule has 0 aliphatic carbocycles. The molecule has 0 fully saturated rings. The van der Waals surface area contributed by atoms with Crippen LogP contribution in [0.4, 0.5) is 5.69 Å². The van der Waals surface area contributed by atoms with E-state index in [2.05, 4.69) is 12.2 Å². The second kappa shape index (κ2) is 9.23. The maximum Gasteiger partial charge on any atom is 0.261 e. The number of unbranched alkanes of at least 4 members (excludes halogenated alkanes) is 1. The van der Waals surface area contributed by atoms with Gasteiger partial charge in [0, 0.05) is 19.0 Å². The maximum atomic E-state index is 12.5. The van der Waals surface area contributed by atoms with Gasteiger partial charge in [-0.15, -0.1) is 0 Å². The van der Waals surface area contributed by atoms with E-state index in [4.69, 9.17) is 9.47 Å². The Kier molecular flexibility index (Phi) is 6.49. The fourth-order valence-corrected chi connectivity index (χ4v) is 3.05. The molecule has 3 rings (SSSR count). The third kappa shape index (κ3) is 4.56. The Morgan fingerprint density at radius 2 is 1.76 bits per heavy atom. The van der Waals surface area contributed by atoms with Crippen LogP contribution in [0.3, 0.4) is 0 Å². The van der Waals surface area contributed by atoms with Crippen LogP contribution in [0.25, 0.3) is 0 Å². The number of hydrogen-bond donors (Lipinski definition) is 1. The van der Waals surface area contributed by atoms with E-state index < -0.39 is 0 Å². The molecule has 0 atom stereocenters. The summed E-state index contributed by atoms with van der Waals surface area (Å²) >= 11 is 0. The predicted octanol–water partition coefficient (Wildman–Crippen LogP) is 3.50. The Labute approximate surface area is 169 Å². The molecule has 0 unspecified atom stereocenters. The zero-order chi connectivity index (χ0) is 20.8. The van der Waals surface area contributed by atoms with Crippen LogP contribution in [0.2, 0.25) is 0 Å². The molecule has 3 amide bonds. The van der Waals surface area contributed by atoms with Gasteiger partial charge in [0.25, 0.3) is 11.8 Å². The van der Waals surface area contributed by atoms with Crippen molar-refractivity contribution >= 4 is 23.4 Å². The summed E-state index contributed by atoms with van der Waals surface area (Å²) < 4.78 is 11.0. The van der Waals surface area contributed by atoms with Gasteiger partial charge in [0.1, 0.15) is 11.5 Å². The summed E-state index contributed by atoms with van der Waals surface area (Å²) in [6, 6.07) is 11.8. The highest BCUT2D eigenvalue weighted by Gasteiger charge is 2.34. The molecule has 0 spiro atoms. The van der Waals surface area contributed by atoms with Gasteiger partial charge < -0.3 is 14.8 Å². The number of nitrogens with one attached hydrogen (secondary N) is 1. The first-order valence-corrected chi connectivity index (χ1v) is 9.61. The summed E-state index contributed by atoms with van der Waals surface area (Å²) in [5.41, 5.74) is 1.24. The number of benzene rings is 2. The van der Waals surface area contributed by atoms with Crippen molar-refractivity contribution in [2.75, 3.05) is 25.6 Å². The number of nitrogens with zero attached hydrogens (tertiary/aromatic N) is 1. The molecule has 0 bridgehead atoms. The largest absolute Gasteiger partial charge is 0.497 e. The standard InChI is InChI=1S/C22H24N2O5/c1-3-4-13-29-19-10-9-15(28-2)14-18(19)23-20(25)11-12-24-21(26)16-7-5-6-8-17(16)22(24)27/h5-10,14H,3-4,11-13H2,1-2H3,(H,23,25). The molecule has 0 saturated carbocycles. The first-order valence-electron chi connectivity index (χ1n) is 9.61. The molecule has 2 aromatic rings. The summed E-state index contributed by atoms with van der Waals surface area (Å²) in [5.74, 6) is 0.0682. The normalized spacial score (nSPS) is 12.7. The van der Waals surface area contributed by atoms with Crippen LogP contribution >= 0.6 is 0 Å². The van der Waals surface area contributed by atoms with Gasteiger partial charge in [-0.05, 0) is 30.7 Å². The highest BCUT2D eigenvalue weighted by Crippen LogP contribution is 2.30. The summed E-state index contributed by atoms with van der Waals surface area (Å²) in [5, 5.41) is 2.79. The fraction of sp³-hybridized carbons (Fsp3) is 0.318. The first kappa shape index (κ1) is 20.4. The van der Waals surface area contributed by atoms with Crippen molar-refractivity contribution in [2.24, 2.45) is 0 Å². The number of hydrogen-bond acceptors (Lipinski definition) is 5. The van der Waals surface area contributed by atoms with E-state index in [1.54, 1.807) is 49.6 Å². The van der Waals surface area contributed by atoms with Gasteiger partial charge in [-0.3, -0.25) is 19.3 Å². The third-order valence-electron chi connectivity index (χ3n) is 4.66. The molecule has 152 valence electrons. The van der Waals surface area contributed by atoms with Crippen LogP contribution in [0.15, 0.2) is 42.5 Å². The summed E-state index contributed by atoms with van der Waals surface area (Å²) in [6.45, 7) is 2.62. The molecule has 1 aliphatic heterocycles. The Bertz CT molecular complexity index is 890. The molecular weight excluding hydrogens is 372 g/mol. The number of amides is 3. The van der Waals surface area contributed by atoms with Crippen molar-refractivity contribution in [3.8, 4) is 11.5 Å². The molecule has 1 heterocycles. The van der Waals surface area contributed by atoms with Gasteiger partial charge in [-0.2, -0.15) is 0 Å². The van der Waals surface area contributed by atoms with Crippen molar-refractivity contribution in [3.05, 3.63) is 53.6 Å². The van der Waals surface area contributed by atoms with Crippen LogP contribution in [0, 0.1) is 0 Å². The number of imide groups is 1. The highest BCUT2D eigenvalue weighted by molar-refractivity contribution is 6.21. The van der Waals surface area contributed by atoms with Crippen LogP contribution < -0.4 is 14.8 Å². The molecule has 7 heteroatoms. The molecule has 1 N–H and O–H groups in total. The monoisotopic (exact) mass is 396 g/mol. The Balaban J connectivity index is 1.64. The van der Waals surface area contributed by atoms with E-state index in [-0.39, 0.29) is 30.7 Å². The zero-order valence-electron chi connectivity index (χ0n) is 16.6. The molecule has 0 aromatic heterocycles. The lowest BCUT2D eigenvalue weighted by atomic mass is 10.1. The first-order chi connectivity index (χ1) is 14.0. The van der Waals surface area contributed by atoms with Crippen molar-refractivity contribution in [1.82, 2.24) is 4.90 Å².